The number of amides is 1. The topological polar surface area (TPSA) is 78.9 Å². The van der Waals surface area contributed by atoms with Crippen molar-refractivity contribution in [2.45, 2.75) is 56.4 Å². The summed E-state index contributed by atoms with van der Waals surface area (Å²) < 4.78 is 5.26. The fourth-order valence-electron chi connectivity index (χ4n) is 2.98. The number of carbonyl (C=O) groups excluding carboxylic acids is 1. The molecule has 2 saturated heterocycles. The second kappa shape index (κ2) is 5.09. The van der Waals surface area contributed by atoms with Gasteiger partial charge in [-0.2, -0.15) is 0 Å². The molecule has 0 aromatic carbocycles. The molecule has 3 atom stereocenters. The molecule has 1 amide bonds. The fourth-order valence-corrected chi connectivity index (χ4v) is 2.98. The van der Waals surface area contributed by atoms with Crippen molar-refractivity contribution in [3.05, 3.63) is 0 Å². The van der Waals surface area contributed by atoms with Crippen molar-refractivity contribution in [2.75, 3.05) is 13.1 Å². The van der Waals surface area contributed by atoms with Crippen molar-refractivity contribution in [2.24, 2.45) is 0 Å². The summed E-state index contributed by atoms with van der Waals surface area (Å²) >= 11 is 0. The van der Waals surface area contributed by atoms with Crippen molar-refractivity contribution in [1.29, 1.82) is 0 Å². The molecule has 3 fully saturated rings. The Kier molecular flexibility index (Phi) is 3.45. The van der Waals surface area contributed by atoms with Crippen LogP contribution in [0.1, 0.15) is 32.1 Å². The minimum Gasteiger partial charge on any atom is -0.479 e. The molecule has 3 aliphatic rings. The summed E-state index contributed by atoms with van der Waals surface area (Å²) in [6, 6.07) is 0.932. The van der Waals surface area contributed by atoms with Gasteiger partial charge in [0.25, 0.3) is 0 Å². The quantitative estimate of drug-likeness (QED) is 0.748. The zero-order valence-electron chi connectivity index (χ0n) is 10.9. The molecule has 2 aliphatic heterocycles. The monoisotopic (exact) mass is 268 g/mol. The summed E-state index contributed by atoms with van der Waals surface area (Å²) in [4.78, 5) is 25.2. The number of ether oxygens (including phenoxy) is 1. The first-order valence-electron chi connectivity index (χ1n) is 7.06. The molecular weight excluding hydrogens is 248 g/mol. The van der Waals surface area contributed by atoms with E-state index in [1.807, 2.05) is 0 Å². The zero-order chi connectivity index (χ0) is 13.4. The van der Waals surface area contributed by atoms with E-state index in [1.165, 1.54) is 12.8 Å². The highest BCUT2D eigenvalue weighted by molar-refractivity contribution is 5.82. The van der Waals surface area contributed by atoms with E-state index >= 15 is 0 Å². The molecule has 6 heteroatoms. The van der Waals surface area contributed by atoms with Crippen molar-refractivity contribution in [3.63, 3.8) is 0 Å². The molecule has 0 aromatic heterocycles. The van der Waals surface area contributed by atoms with Gasteiger partial charge in [0.05, 0.1) is 0 Å². The highest BCUT2D eigenvalue weighted by atomic mass is 16.5. The SMILES string of the molecule is O=C(O)C1CCC(C(=O)NC2CCN(C3CC3)C2)O1. The Labute approximate surface area is 112 Å². The molecule has 2 N–H and O–H groups in total. The molecule has 0 radical (unpaired) electrons. The Morgan fingerprint density at radius 3 is 2.47 bits per heavy atom. The van der Waals surface area contributed by atoms with Gasteiger partial charge in [-0.3, -0.25) is 9.69 Å². The number of aliphatic carboxylic acids is 1. The van der Waals surface area contributed by atoms with Crippen molar-refractivity contribution in [1.82, 2.24) is 10.2 Å². The maximum atomic E-state index is 12.0. The van der Waals surface area contributed by atoms with Crippen LogP contribution in [0.5, 0.6) is 0 Å². The van der Waals surface area contributed by atoms with E-state index in [0.29, 0.717) is 12.8 Å². The largest absolute Gasteiger partial charge is 0.479 e. The van der Waals surface area contributed by atoms with E-state index in [0.717, 1.165) is 25.6 Å². The maximum Gasteiger partial charge on any atom is 0.332 e. The first-order valence-corrected chi connectivity index (χ1v) is 7.06. The fraction of sp³-hybridized carbons (Fsp3) is 0.846. The normalized spacial score (nSPS) is 35.5. The van der Waals surface area contributed by atoms with E-state index in [1.54, 1.807) is 0 Å². The van der Waals surface area contributed by atoms with Crippen LogP contribution in [0.2, 0.25) is 0 Å². The lowest BCUT2D eigenvalue weighted by molar-refractivity contribution is -0.151. The molecule has 106 valence electrons. The van der Waals surface area contributed by atoms with Gasteiger partial charge in [0.2, 0.25) is 5.91 Å². The highest BCUT2D eigenvalue weighted by Crippen LogP contribution is 2.30. The molecule has 19 heavy (non-hydrogen) atoms. The lowest BCUT2D eigenvalue weighted by Gasteiger charge is -2.18. The second-order valence-corrected chi connectivity index (χ2v) is 5.75. The van der Waals surface area contributed by atoms with E-state index in [-0.39, 0.29) is 11.9 Å². The van der Waals surface area contributed by atoms with Crippen LogP contribution in [0, 0.1) is 0 Å². The van der Waals surface area contributed by atoms with Crippen LogP contribution >= 0.6 is 0 Å². The number of nitrogens with zero attached hydrogens (tertiary/aromatic N) is 1. The second-order valence-electron chi connectivity index (χ2n) is 5.75. The van der Waals surface area contributed by atoms with Gasteiger partial charge in [-0.05, 0) is 32.1 Å². The first-order chi connectivity index (χ1) is 9.13. The zero-order valence-corrected chi connectivity index (χ0v) is 10.9. The third-order valence-electron chi connectivity index (χ3n) is 4.22. The predicted octanol–water partition coefficient (Wildman–Crippen LogP) is -0.0285. The predicted molar refractivity (Wildman–Crippen MR) is 66.7 cm³/mol. The molecule has 6 nitrogen and oxygen atoms in total. The van der Waals surface area contributed by atoms with Crippen LogP contribution in [0.15, 0.2) is 0 Å². The summed E-state index contributed by atoms with van der Waals surface area (Å²) in [6.07, 6.45) is 3.07. The summed E-state index contributed by atoms with van der Waals surface area (Å²) in [5.41, 5.74) is 0. The highest BCUT2D eigenvalue weighted by Gasteiger charge is 2.38. The molecule has 0 aromatic rings. The van der Waals surface area contributed by atoms with Gasteiger partial charge in [0.1, 0.15) is 6.10 Å². The van der Waals surface area contributed by atoms with Crippen LogP contribution in [0.4, 0.5) is 0 Å². The van der Waals surface area contributed by atoms with Gasteiger partial charge in [-0.25, -0.2) is 4.79 Å². The molecule has 0 bridgehead atoms. The Bertz CT molecular complexity index is 383. The third kappa shape index (κ3) is 2.90. The average Bonchev–Trinajstić information content (AvgIpc) is 2.92. The molecule has 2 heterocycles. The summed E-state index contributed by atoms with van der Waals surface area (Å²) in [5, 5.41) is 11.8. The van der Waals surface area contributed by atoms with Gasteiger partial charge < -0.3 is 15.2 Å². The van der Waals surface area contributed by atoms with E-state index in [9.17, 15) is 9.59 Å². The van der Waals surface area contributed by atoms with Gasteiger partial charge in [0, 0.05) is 25.2 Å². The molecule has 1 saturated carbocycles. The standard InChI is InChI=1S/C13H20N2O4/c16-12(10-3-4-11(19-10)13(17)18)14-8-5-6-15(7-8)9-1-2-9/h8-11H,1-7H2,(H,14,16)(H,17,18). The molecule has 1 aliphatic carbocycles. The van der Waals surface area contributed by atoms with Crippen LogP contribution in [0.25, 0.3) is 0 Å². The number of nitrogens with one attached hydrogen (secondary N) is 1. The summed E-state index contributed by atoms with van der Waals surface area (Å²) in [7, 11) is 0. The average molecular weight is 268 g/mol. The van der Waals surface area contributed by atoms with Crippen molar-refractivity contribution >= 4 is 11.9 Å². The number of hydrogen-bond donors (Lipinski definition) is 2. The lowest BCUT2D eigenvalue weighted by atomic mass is 10.1. The van der Waals surface area contributed by atoms with Crippen LogP contribution < -0.4 is 5.32 Å². The summed E-state index contributed by atoms with van der Waals surface area (Å²) in [6.45, 7) is 1.98. The minimum atomic E-state index is -0.976. The van der Waals surface area contributed by atoms with Gasteiger partial charge in [-0.15, -0.1) is 0 Å². The van der Waals surface area contributed by atoms with Gasteiger partial charge in [-0.1, -0.05) is 0 Å². The number of likely N-dealkylation sites (tertiary alicyclic amines) is 1. The van der Waals surface area contributed by atoms with Crippen LogP contribution in [-0.2, 0) is 14.3 Å². The van der Waals surface area contributed by atoms with E-state index < -0.39 is 18.2 Å². The maximum absolute atomic E-state index is 12.0. The number of carboxylic acid groups (broad SMARTS) is 1. The van der Waals surface area contributed by atoms with Crippen LogP contribution in [0.3, 0.4) is 0 Å². The number of carboxylic acids is 1. The molecule has 0 spiro atoms. The first kappa shape index (κ1) is 12.9. The van der Waals surface area contributed by atoms with E-state index in [4.69, 9.17) is 9.84 Å². The smallest absolute Gasteiger partial charge is 0.332 e. The molecule has 3 unspecified atom stereocenters. The van der Waals surface area contributed by atoms with Crippen molar-refractivity contribution in [3.8, 4) is 0 Å². The minimum absolute atomic E-state index is 0.147. The van der Waals surface area contributed by atoms with Crippen molar-refractivity contribution < 1.29 is 19.4 Å². The molecule has 3 rings (SSSR count). The Balaban J connectivity index is 1.45. The van der Waals surface area contributed by atoms with Gasteiger partial charge >= 0.3 is 5.97 Å². The number of rotatable bonds is 4. The lowest BCUT2D eigenvalue weighted by Crippen LogP contribution is -2.43. The molecular formula is C13H20N2O4. The Hall–Kier alpha value is -1.14. The Morgan fingerprint density at radius 1 is 1.11 bits per heavy atom. The third-order valence-corrected chi connectivity index (χ3v) is 4.22. The Morgan fingerprint density at radius 2 is 1.84 bits per heavy atom. The van der Waals surface area contributed by atoms with Gasteiger partial charge in [0.15, 0.2) is 6.10 Å². The number of carbonyl (C=O) groups is 2. The summed E-state index contributed by atoms with van der Waals surface area (Å²) in [5.74, 6) is -1.12. The van der Waals surface area contributed by atoms with Crippen LogP contribution in [-0.4, -0.2) is 59.3 Å². The number of hydrogen-bond acceptors (Lipinski definition) is 4. The van der Waals surface area contributed by atoms with E-state index in [2.05, 4.69) is 10.2 Å².